The lowest BCUT2D eigenvalue weighted by Crippen LogP contribution is -2.44. The van der Waals surface area contributed by atoms with Gasteiger partial charge in [0.15, 0.2) is 11.8 Å². The Kier molecular flexibility index (Phi) is 8.16. The summed E-state index contributed by atoms with van der Waals surface area (Å²) >= 11 is 3.67. The third-order valence-corrected chi connectivity index (χ3v) is 6.05. The molecule has 1 aromatic heterocycles. The third kappa shape index (κ3) is 5.42. The number of fused-ring (bicyclic) bond motifs is 1. The number of benzene rings is 1. The average Bonchev–Trinajstić information content (AvgIpc) is 3.34. The molecule has 2 aliphatic rings. The van der Waals surface area contributed by atoms with Crippen LogP contribution in [0.25, 0.3) is 0 Å². The minimum Gasteiger partial charge on any atom is -0.368 e. The fraction of sp³-hybridized carbons (Fsp3) is 0.550. The number of aromatic nitrogens is 3. The molecule has 1 fully saturated rings. The molecule has 1 unspecified atom stereocenters. The largest absolute Gasteiger partial charge is 0.368 e. The van der Waals surface area contributed by atoms with Crippen LogP contribution >= 0.6 is 39.9 Å². The maximum absolute atomic E-state index is 4.79. The zero-order chi connectivity index (χ0) is 19.3. The molecule has 2 N–H and O–H groups in total. The predicted molar refractivity (Wildman–Crippen MR) is 131 cm³/mol. The number of halogens is 2. The van der Waals surface area contributed by atoms with Gasteiger partial charge in [0.1, 0.15) is 12.4 Å². The molecule has 9 heteroatoms. The summed E-state index contributed by atoms with van der Waals surface area (Å²) in [5, 5.41) is 15.7. The van der Waals surface area contributed by atoms with Crippen molar-refractivity contribution in [2.24, 2.45) is 4.99 Å². The molecule has 0 amide bonds. The summed E-state index contributed by atoms with van der Waals surface area (Å²) in [7, 11) is 0. The molecule has 2 aromatic rings. The maximum atomic E-state index is 4.79. The van der Waals surface area contributed by atoms with Gasteiger partial charge in [-0.05, 0) is 54.2 Å². The topological polar surface area (TPSA) is 70.4 Å². The van der Waals surface area contributed by atoms with Crippen molar-refractivity contribution in [3.05, 3.63) is 40.4 Å². The fourth-order valence-electron chi connectivity index (χ4n) is 3.95. The quantitative estimate of drug-likeness (QED) is 0.326. The molecule has 1 saturated heterocycles. The Hall–Kier alpha value is -1.36. The zero-order valence-corrected chi connectivity index (χ0v) is 20.7. The van der Waals surface area contributed by atoms with Gasteiger partial charge >= 0.3 is 0 Å². The molecule has 0 radical (unpaired) electrons. The second-order valence-electron chi connectivity index (χ2n) is 7.36. The number of nitrogens with one attached hydrogen (secondary N) is 2. The highest BCUT2D eigenvalue weighted by molar-refractivity contribution is 14.0. The van der Waals surface area contributed by atoms with E-state index >= 15 is 0 Å². The lowest BCUT2D eigenvalue weighted by molar-refractivity contribution is 0.508. The fourth-order valence-corrected chi connectivity index (χ4v) is 4.49. The summed E-state index contributed by atoms with van der Waals surface area (Å²) in [5.41, 5.74) is 1.25. The summed E-state index contributed by atoms with van der Waals surface area (Å²) in [6.07, 6.45) is 4.53. The standard InChI is InChI=1S/C20H28BrN7.HI/c1-2-22-20(23-13-19-26-25-18-9-5-6-11-28(18)19)24-15-10-12-27(14-15)17-8-4-3-7-16(17)21;/h3-4,7-8,15H,2,5-6,9-14H2,1H3,(H2,22,23,24);1H. The van der Waals surface area contributed by atoms with Gasteiger partial charge in [-0.25, -0.2) is 4.99 Å². The number of anilines is 1. The lowest BCUT2D eigenvalue weighted by Gasteiger charge is -2.21. The van der Waals surface area contributed by atoms with Crippen LogP contribution < -0.4 is 15.5 Å². The van der Waals surface area contributed by atoms with Crippen LogP contribution in [0.4, 0.5) is 5.69 Å². The second-order valence-corrected chi connectivity index (χ2v) is 8.22. The number of guanidine groups is 1. The molecule has 4 rings (SSSR count). The summed E-state index contributed by atoms with van der Waals surface area (Å²) in [6, 6.07) is 8.78. The van der Waals surface area contributed by atoms with Gasteiger partial charge in [0, 0.05) is 43.1 Å². The highest BCUT2D eigenvalue weighted by Crippen LogP contribution is 2.28. The van der Waals surface area contributed by atoms with Gasteiger partial charge in [-0.15, -0.1) is 34.2 Å². The Bertz CT molecular complexity index is 838. The summed E-state index contributed by atoms with van der Waals surface area (Å²) < 4.78 is 3.38. The van der Waals surface area contributed by atoms with E-state index in [-0.39, 0.29) is 24.0 Å². The first-order valence-electron chi connectivity index (χ1n) is 10.2. The van der Waals surface area contributed by atoms with E-state index in [1.54, 1.807) is 0 Å². The van der Waals surface area contributed by atoms with Gasteiger partial charge in [0.25, 0.3) is 0 Å². The number of hydrogen-bond donors (Lipinski definition) is 2. The summed E-state index contributed by atoms with van der Waals surface area (Å²) in [4.78, 5) is 7.20. The first-order valence-corrected chi connectivity index (χ1v) is 11.0. The molecule has 0 spiro atoms. The smallest absolute Gasteiger partial charge is 0.191 e. The molecular formula is C20H29BrIN7. The van der Waals surface area contributed by atoms with Crippen LogP contribution in [0.5, 0.6) is 0 Å². The molecule has 7 nitrogen and oxygen atoms in total. The van der Waals surface area contributed by atoms with Gasteiger partial charge in [-0.1, -0.05) is 12.1 Å². The molecular weight excluding hydrogens is 545 g/mol. The van der Waals surface area contributed by atoms with Crippen molar-refractivity contribution in [3.63, 3.8) is 0 Å². The number of aryl methyl sites for hydroxylation is 1. The molecule has 1 aromatic carbocycles. The molecule has 0 saturated carbocycles. The van der Waals surface area contributed by atoms with Gasteiger partial charge < -0.3 is 20.1 Å². The third-order valence-electron chi connectivity index (χ3n) is 5.38. The minimum absolute atomic E-state index is 0. The Morgan fingerprint density at radius 2 is 2.10 bits per heavy atom. The van der Waals surface area contributed by atoms with Gasteiger partial charge in [-0.2, -0.15) is 0 Å². The van der Waals surface area contributed by atoms with Crippen molar-refractivity contribution in [2.45, 2.75) is 51.7 Å². The molecule has 3 heterocycles. The van der Waals surface area contributed by atoms with Gasteiger partial charge in [0.2, 0.25) is 0 Å². The van der Waals surface area contributed by atoms with Crippen molar-refractivity contribution in [3.8, 4) is 0 Å². The van der Waals surface area contributed by atoms with E-state index < -0.39 is 0 Å². The molecule has 2 aliphatic heterocycles. The summed E-state index contributed by atoms with van der Waals surface area (Å²) in [6.45, 7) is 6.51. The van der Waals surface area contributed by atoms with Crippen molar-refractivity contribution in [1.29, 1.82) is 0 Å². The normalized spacial score (nSPS) is 18.9. The van der Waals surface area contributed by atoms with E-state index in [4.69, 9.17) is 4.99 Å². The van der Waals surface area contributed by atoms with Crippen LogP contribution in [0.15, 0.2) is 33.7 Å². The molecule has 29 heavy (non-hydrogen) atoms. The molecule has 1 atom stereocenters. The van der Waals surface area contributed by atoms with E-state index in [2.05, 4.69) is 77.4 Å². The second kappa shape index (κ2) is 10.6. The van der Waals surface area contributed by atoms with Crippen LogP contribution in [0, 0.1) is 0 Å². The van der Waals surface area contributed by atoms with Crippen molar-refractivity contribution >= 4 is 51.6 Å². The first-order chi connectivity index (χ1) is 13.7. The highest BCUT2D eigenvalue weighted by atomic mass is 127. The van der Waals surface area contributed by atoms with Crippen molar-refractivity contribution < 1.29 is 0 Å². The van der Waals surface area contributed by atoms with Crippen LogP contribution in [0.1, 0.15) is 37.8 Å². The van der Waals surface area contributed by atoms with E-state index in [1.165, 1.54) is 18.5 Å². The molecule has 0 bridgehead atoms. The highest BCUT2D eigenvalue weighted by Gasteiger charge is 2.24. The van der Waals surface area contributed by atoms with Crippen LogP contribution in [0.2, 0.25) is 0 Å². The SMILES string of the molecule is CCNC(=NCc1nnc2n1CCCC2)NC1CCN(c2ccccc2Br)C1.I. The van der Waals surface area contributed by atoms with Gasteiger partial charge in [-0.3, -0.25) is 0 Å². The van der Waals surface area contributed by atoms with Gasteiger partial charge in [0.05, 0.1) is 5.69 Å². The average molecular weight is 574 g/mol. The molecule has 0 aliphatic carbocycles. The number of nitrogens with zero attached hydrogens (tertiary/aromatic N) is 5. The predicted octanol–water partition coefficient (Wildman–Crippen LogP) is 3.33. The van der Waals surface area contributed by atoms with Crippen molar-refractivity contribution in [2.75, 3.05) is 24.5 Å². The van der Waals surface area contributed by atoms with Crippen LogP contribution in [-0.4, -0.2) is 46.4 Å². The summed E-state index contributed by atoms with van der Waals surface area (Å²) in [5.74, 6) is 2.93. The van der Waals surface area contributed by atoms with E-state index in [9.17, 15) is 0 Å². The first kappa shape index (κ1) is 22.3. The monoisotopic (exact) mass is 573 g/mol. The van der Waals surface area contributed by atoms with E-state index in [1.807, 2.05) is 0 Å². The van der Waals surface area contributed by atoms with Crippen molar-refractivity contribution in [1.82, 2.24) is 25.4 Å². The lowest BCUT2D eigenvalue weighted by atomic mass is 10.2. The number of rotatable bonds is 5. The van der Waals surface area contributed by atoms with Crippen LogP contribution in [-0.2, 0) is 19.5 Å². The van der Waals surface area contributed by atoms with E-state index in [0.29, 0.717) is 12.6 Å². The number of aliphatic imine (C=N–C) groups is 1. The van der Waals surface area contributed by atoms with E-state index in [0.717, 1.165) is 61.1 Å². The zero-order valence-electron chi connectivity index (χ0n) is 16.8. The number of para-hydroxylation sites is 1. The van der Waals surface area contributed by atoms with Crippen LogP contribution in [0.3, 0.4) is 0 Å². The Balaban J connectivity index is 0.00000240. The Morgan fingerprint density at radius 3 is 2.93 bits per heavy atom. The number of hydrogen-bond acceptors (Lipinski definition) is 4. The molecule has 158 valence electrons. The maximum Gasteiger partial charge on any atom is 0.191 e. The Morgan fingerprint density at radius 1 is 1.24 bits per heavy atom. The Labute approximate surface area is 197 Å². The minimum atomic E-state index is 0.